The highest BCUT2D eigenvalue weighted by atomic mass is 79.9. The van der Waals surface area contributed by atoms with E-state index >= 15 is 0 Å². The molecule has 0 fully saturated rings. The maximum absolute atomic E-state index is 12.1. The Morgan fingerprint density at radius 1 is 1.25 bits per heavy atom. The molecule has 0 saturated heterocycles. The summed E-state index contributed by atoms with van der Waals surface area (Å²) >= 11 is 3.39. The van der Waals surface area contributed by atoms with Gasteiger partial charge in [-0.05, 0) is 25.0 Å². The van der Waals surface area contributed by atoms with E-state index in [9.17, 15) is 18.3 Å². The van der Waals surface area contributed by atoms with Crippen molar-refractivity contribution in [1.82, 2.24) is 4.98 Å². The number of pyridine rings is 1. The summed E-state index contributed by atoms with van der Waals surface area (Å²) in [5.74, 6) is 0. The van der Waals surface area contributed by atoms with Crippen LogP contribution in [0.1, 0.15) is 30.9 Å². The van der Waals surface area contributed by atoms with Crippen LogP contribution in [-0.2, 0) is 0 Å². The zero-order valence-corrected chi connectivity index (χ0v) is 12.1. The van der Waals surface area contributed by atoms with Gasteiger partial charge in [-0.25, -0.2) is 0 Å². The fourth-order valence-electron chi connectivity index (χ4n) is 2.08. The van der Waals surface area contributed by atoms with Crippen molar-refractivity contribution in [3.8, 4) is 0 Å². The Morgan fingerprint density at radius 3 is 2.70 bits per heavy atom. The second-order valence-corrected chi connectivity index (χ2v) is 5.41. The highest BCUT2D eigenvalue weighted by Gasteiger charge is 2.27. The molecule has 1 N–H and O–H groups in total. The van der Waals surface area contributed by atoms with Crippen molar-refractivity contribution >= 4 is 26.8 Å². The van der Waals surface area contributed by atoms with Gasteiger partial charge in [0, 0.05) is 28.0 Å². The first kappa shape index (κ1) is 15.3. The van der Waals surface area contributed by atoms with Crippen LogP contribution >= 0.6 is 15.9 Å². The van der Waals surface area contributed by atoms with Gasteiger partial charge in [-0.1, -0.05) is 28.1 Å². The Morgan fingerprint density at radius 2 is 2.00 bits per heavy atom. The van der Waals surface area contributed by atoms with Gasteiger partial charge in [-0.3, -0.25) is 4.98 Å². The first-order chi connectivity index (χ1) is 9.38. The molecule has 1 aromatic heterocycles. The highest BCUT2D eigenvalue weighted by molar-refractivity contribution is 9.10. The van der Waals surface area contributed by atoms with Gasteiger partial charge in [0.25, 0.3) is 0 Å². The lowest BCUT2D eigenvalue weighted by Gasteiger charge is -2.14. The minimum absolute atomic E-state index is 0.0623. The molecule has 1 aromatic carbocycles. The molecule has 0 bridgehead atoms. The molecule has 1 atom stereocenters. The molecule has 2 aromatic rings. The van der Waals surface area contributed by atoms with Crippen LogP contribution in [0.25, 0.3) is 10.9 Å². The van der Waals surface area contributed by atoms with Gasteiger partial charge in [-0.2, -0.15) is 13.2 Å². The molecule has 0 spiro atoms. The van der Waals surface area contributed by atoms with E-state index in [1.807, 2.05) is 6.07 Å². The number of benzene rings is 1. The van der Waals surface area contributed by atoms with Gasteiger partial charge in [0.05, 0.1) is 11.6 Å². The summed E-state index contributed by atoms with van der Waals surface area (Å²) in [4.78, 5) is 4.21. The molecule has 0 aliphatic rings. The first-order valence-corrected chi connectivity index (χ1v) is 6.96. The van der Waals surface area contributed by atoms with E-state index in [1.54, 1.807) is 24.4 Å². The van der Waals surface area contributed by atoms with Crippen molar-refractivity contribution in [3.63, 3.8) is 0 Å². The number of rotatable bonds is 4. The number of aliphatic hydroxyl groups excluding tert-OH is 1. The average Bonchev–Trinajstić information content (AvgIpc) is 2.38. The smallest absolute Gasteiger partial charge is 0.388 e. The van der Waals surface area contributed by atoms with E-state index in [1.165, 1.54) is 0 Å². The molecular formula is C14H13BrF3NO. The first-order valence-electron chi connectivity index (χ1n) is 6.16. The third-order valence-corrected chi connectivity index (χ3v) is 3.74. The molecule has 0 radical (unpaired) electrons. The Kier molecular flexibility index (Phi) is 4.65. The third kappa shape index (κ3) is 3.70. The number of hydrogen-bond donors (Lipinski definition) is 1. The highest BCUT2D eigenvalue weighted by Crippen LogP contribution is 2.32. The SMILES string of the molecule is OC(CCCC(F)(F)F)c1ccc(Br)c2cccnc12. The third-order valence-electron chi connectivity index (χ3n) is 3.04. The number of aliphatic hydroxyl groups is 1. The summed E-state index contributed by atoms with van der Waals surface area (Å²) in [5.41, 5.74) is 1.17. The largest absolute Gasteiger partial charge is 0.389 e. The van der Waals surface area contributed by atoms with Crippen molar-refractivity contribution in [1.29, 1.82) is 0 Å². The van der Waals surface area contributed by atoms with Crippen LogP contribution in [0.3, 0.4) is 0 Å². The topological polar surface area (TPSA) is 33.1 Å². The lowest BCUT2D eigenvalue weighted by atomic mass is 10.0. The van der Waals surface area contributed by atoms with E-state index < -0.39 is 18.7 Å². The van der Waals surface area contributed by atoms with Gasteiger partial charge < -0.3 is 5.11 Å². The van der Waals surface area contributed by atoms with E-state index in [0.717, 1.165) is 9.86 Å². The summed E-state index contributed by atoms with van der Waals surface area (Å²) in [6, 6.07) is 7.08. The monoisotopic (exact) mass is 347 g/mol. The Hall–Kier alpha value is -1.14. The molecular weight excluding hydrogens is 335 g/mol. The molecule has 108 valence electrons. The van der Waals surface area contributed by atoms with Crippen LogP contribution in [0, 0.1) is 0 Å². The summed E-state index contributed by atoms with van der Waals surface area (Å²) in [7, 11) is 0. The molecule has 20 heavy (non-hydrogen) atoms. The van der Waals surface area contributed by atoms with Crippen LogP contribution < -0.4 is 0 Å². The van der Waals surface area contributed by atoms with Gasteiger partial charge in [0.2, 0.25) is 0 Å². The van der Waals surface area contributed by atoms with Crippen molar-refractivity contribution in [3.05, 3.63) is 40.5 Å². The number of hydrogen-bond acceptors (Lipinski definition) is 2. The van der Waals surface area contributed by atoms with Gasteiger partial charge >= 0.3 is 6.18 Å². The summed E-state index contributed by atoms with van der Waals surface area (Å²) in [5, 5.41) is 10.9. The van der Waals surface area contributed by atoms with Crippen molar-refractivity contribution in [2.24, 2.45) is 0 Å². The summed E-state index contributed by atoms with van der Waals surface area (Å²) in [6.07, 6.45) is -4.45. The van der Waals surface area contributed by atoms with E-state index in [-0.39, 0.29) is 12.8 Å². The number of halogens is 4. The maximum atomic E-state index is 12.1. The molecule has 2 rings (SSSR count). The number of alkyl halides is 3. The zero-order valence-electron chi connectivity index (χ0n) is 10.5. The molecule has 0 aliphatic heterocycles. The minimum atomic E-state index is -4.18. The van der Waals surface area contributed by atoms with Crippen LogP contribution in [0.15, 0.2) is 34.9 Å². The van der Waals surface area contributed by atoms with E-state index in [2.05, 4.69) is 20.9 Å². The van der Waals surface area contributed by atoms with Crippen LogP contribution in [0.4, 0.5) is 13.2 Å². The van der Waals surface area contributed by atoms with Crippen molar-refractivity contribution in [2.75, 3.05) is 0 Å². The molecule has 1 heterocycles. The standard InChI is InChI=1S/C14H13BrF3NO/c15-11-6-5-10(13-9(11)3-2-8-19-13)12(20)4-1-7-14(16,17)18/h2-3,5-6,8,12,20H,1,4,7H2. The summed E-state index contributed by atoms with van der Waals surface area (Å²) in [6.45, 7) is 0. The quantitative estimate of drug-likeness (QED) is 0.864. The molecule has 0 amide bonds. The Bertz CT molecular complexity index is 600. The van der Waals surface area contributed by atoms with E-state index in [0.29, 0.717) is 11.1 Å². The number of nitrogens with zero attached hydrogens (tertiary/aromatic N) is 1. The second-order valence-electron chi connectivity index (χ2n) is 4.56. The minimum Gasteiger partial charge on any atom is -0.388 e. The lowest BCUT2D eigenvalue weighted by Crippen LogP contribution is -2.08. The second kappa shape index (κ2) is 6.10. The van der Waals surface area contributed by atoms with E-state index in [4.69, 9.17) is 0 Å². The van der Waals surface area contributed by atoms with Crippen LogP contribution in [-0.4, -0.2) is 16.3 Å². The van der Waals surface area contributed by atoms with Gasteiger partial charge in [-0.15, -0.1) is 0 Å². The van der Waals surface area contributed by atoms with Gasteiger partial charge in [0.15, 0.2) is 0 Å². The molecule has 2 nitrogen and oxygen atoms in total. The predicted molar refractivity (Wildman–Crippen MR) is 74.3 cm³/mol. The zero-order chi connectivity index (χ0) is 14.8. The Labute approximate surface area is 122 Å². The van der Waals surface area contributed by atoms with Crippen LogP contribution in [0.2, 0.25) is 0 Å². The predicted octanol–water partition coefficient (Wildman–Crippen LogP) is 4.76. The number of aromatic nitrogens is 1. The lowest BCUT2D eigenvalue weighted by molar-refractivity contribution is -0.136. The van der Waals surface area contributed by atoms with Crippen molar-refractivity contribution < 1.29 is 18.3 Å². The van der Waals surface area contributed by atoms with Crippen LogP contribution in [0.5, 0.6) is 0 Å². The van der Waals surface area contributed by atoms with Gasteiger partial charge in [0.1, 0.15) is 0 Å². The van der Waals surface area contributed by atoms with Crippen molar-refractivity contribution in [2.45, 2.75) is 31.5 Å². The number of fused-ring (bicyclic) bond motifs is 1. The maximum Gasteiger partial charge on any atom is 0.389 e. The molecule has 6 heteroatoms. The molecule has 0 saturated carbocycles. The normalized spacial score (nSPS) is 13.7. The Balaban J connectivity index is 2.18. The fraction of sp³-hybridized carbons (Fsp3) is 0.357. The summed E-state index contributed by atoms with van der Waals surface area (Å²) < 4.78 is 37.2. The molecule has 1 unspecified atom stereocenters. The molecule has 0 aliphatic carbocycles. The average molecular weight is 348 g/mol. The fourth-order valence-corrected chi connectivity index (χ4v) is 2.53.